The number of fused-ring (bicyclic) bond motifs is 2. The molecule has 0 saturated heterocycles. The number of aromatic amines is 1. The van der Waals surface area contributed by atoms with Crippen LogP contribution in [0.2, 0.25) is 0 Å². The number of nitro groups is 1. The number of hydrogen-bond donors (Lipinski definition) is 2. The summed E-state index contributed by atoms with van der Waals surface area (Å²) in [4.78, 5) is 24.7. The molecule has 0 spiro atoms. The summed E-state index contributed by atoms with van der Waals surface area (Å²) in [5.41, 5.74) is 9.53. The van der Waals surface area contributed by atoms with Gasteiger partial charge in [0, 0.05) is 50.1 Å². The highest BCUT2D eigenvalue weighted by atomic mass is 16.6. The van der Waals surface area contributed by atoms with Gasteiger partial charge in [0.15, 0.2) is 0 Å². The fourth-order valence-electron chi connectivity index (χ4n) is 3.28. The topological polar surface area (TPSA) is 114 Å². The number of nitrogens with one attached hydrogen (secondary N) is 1. The molecule has 0 radical (unpaired) electrons. The van der Waals surface area contributed by atoms with Gasteiger partial charge >= 0.3 is 0 Å². The van der Waals surface area contributed by atoms with Crippen molar-refractivity contribution in [2.45, 2.75) is 19.5 Å². The number of rotatable bonds is 3. The second-order valence-corrected chi connectivity index (χ2v) is 5.93. The molecule has 24 heavy (non-hydrogen) atoms. The Morgan fingerprint density at radius 1 is 1.42 bits per heavy atom. The van der Waals surface area contributed by atoms with E-state index >= 15 is 0 Å². The number of nitrogens with zero attached hydrogens (tertiary/aromatic N) is 4. The number of non-ortho nitro benzene ring substituents is 1. The van der Waals surface area contributed by atoms with Gasteiger partial charge in [-0.25, -0.2) is 9.97 Å². The maximum Gasteiger partial charge on any atom is 0.279 e. The number of anilines is 1. The predicted octanol–water partition coefficient (Wildman–Crippen LogP) is 2.01. The Balaban J connectivity index is 1.64. The maximum atomic E-state index is 11.3. The minimum atomic E-state index is -0.332. The van der Waals surface area contributed by atoms with E-state index in [2.05, 4.69) is 19.9 Å². The minimum Gasteiger partial charge on any atom is -0.368 e. The normalized spacial score (nSPS) is 14.7. The number of nitrogens with two attached hydrogens (primary N) is 1. The standard InChI is InChI=1S/C16H16N6O2/c17-16-19-6-10-8-21(5-4-12(10)20-16)9-11-7-18-13-2-1-3-14(15(11)13)22(23)24/h1-3,6-7,18H,4-5,8-9H2,(H2,17,19,20). The lowest BCUT2D eigenvalue weighted by Crippen LogP contribution is -2.31. The molecule has 1 aromatic carbocycles. The molecule has 0 atom stereocenters. The largest absolute Gasteiger partial charge is 0.368 e. The Bertz CT molecular complexity index is 935. The molecule has 0 amide bonds. The van der Waals surface area contributed by atoms with Crippen molar-refractivity contribution in [1.82, 2.24) is 19.9 Å². The van der Waals surface area contributed by atoms with Crippen molar-refractivity contribution in [3.8, 4) is 0 Å². The molecule has 0 unspecified atom stereocenters. The summed E-state index contributed by atoms with van der Waals surface area (Å²) in [6.45, 7) is 2.17. The highest BCUT2D eigenvalue weighted by Gasteiger charge is 2.22. The van der Waals surface area contributed by atoms with Crippen LogP contribution in [0.5, 0.6) is 0 Å². The second-order valence-electron chi connectivity index (χ2n) is 5.93. The van der Waals surface area contributed by atoms with Crippen LogP contribution in [0.4, 0.5) is 11.6 Å². The van der Waals surface area contributed by atoms with Crippen molar-refractivity contribution < 1.29 is 4.92 Å². The minimum absolute atomic E-state index is 0.136. The molecule has 0 bridgehead atoms. The van der Waals surface area contributed by atoms with Crippen LogP contribution in [0, 0.1) is 10.1 Å². The number of aromatic nitrogens is 3. The number of nitro benzene ring substituents is 1. The van der Waals surface area contributed by atoms with Crippen molar-refractivity contribution in [2.24, 2.45) is 0 Å². The molecular formula is C16H16N6O2. The van der Waals surface area contributed by atoms with Gasteiger partial charge in [-0.1, -0.05) is 6.07 Å². The molecular weight excluding hydrogens is 308 g/mol. The van der Waals surface area contributed by atoms with Crippen molar-refractivity contribution in [1.29, 1.82) is 0 Å². The number of nitrogen functional groups attached to an aromatic ring is 1. The fourth-order valence-corrected chi connectivity index (χ4v) is 3.28. The molecule has 0 aliphatic carbocycles. The van der Waals surface area contributed by atoms with Gasteiger partial charge in [0.1, 0.15) is 0 Å². The van der Waals surface area contributed by atoms with E-state index in [1.807, 2.05) is 12.3 Å². The molecule has 2 aromatic heterocycles. The van der Waals surface area contributed by atoms with Gasteiger partial charge in [-0.15, -0.1) is 0 Å². The summed E-state index contributed by atoms with van der Waals surface area (Å²) in [5.74, 6) is 0.300. The maximum absolute atomic E-state index is 11.3. The lowest BCUT2D eigenvalue weighted by molar-refractivity contribution is -0.383. The lowest BCUT2D eigenvalue weighted by atomic mass is 10.1. The van der Waals surface area contributed by atoms with Crippen LogP contribution in [0.25, 0.3) is 10.9 Å². The third-order valence-corrected chi connectivity index (χ3v) is 4.39. The molecule has 4 rings (SSSR count). The molecule has 3 heterocycles. The van der Waals surface area contributed by atoms with Crippen LogP contribution >= 0.6 is 0 Å². The Labute approximate surface area is 137 Å². The van der Waals surface area contributed by atoms with Crippen molar-refractivity contribution >= 4 is 22.5 Å². The summed E-state index contributed by atoms with van der Waals surface area (Å²) in [5, 5.41) is 12.0. The van der Waals surface area contributed by atoms with Gasteiger partial charge in [0.05, 0.1) is 21.5 Å². The van der Waals surface area contributed by atoms with Gasteiger partial charge in [-0.05, 0) is 11.6 Å². The van der Waals surface area contributed by atoms with Crippen LogP contribution < -0.4 is 5.73 Å². The van der Waals surface area contributed by atoms with E-state index in [0.717, 1.165) is 35.3 Å². The van der Waals surface area contributed by atoms with Crippen LogP contribution in [0.15, 0.2) is 30.6 Å². The van der Waals surface area contributed by atoms with E-state index in [9.17, 15) is 10.1 Å². The van der Waals surface area contributed by atoms with Gasteiger partial charge in [0.2, 0.25) is 5.95 Å². The van der Waals surface area contributed by atoms with Gasteiger partial charge < -0.3 is 10.7 Å². The van der Waals surface area contributed by atoms with Crippen molar-refractivity contribution in [2.75, 3.05) is 12.3 Å². The van der Waals surface area contributed by atoms with Crippen molar-refractivity contribution in [3.05, 3.63) is 57.5 Å². The molecule has 8 heteroatoms. The highest BCUT2D eigenvalue weighted by molar-refractivity contribution is 5.91. The summed E-state index contributed by atoms with van der Waals surface area (Å²) < 4.78 is 0. The van der Waals surface area contributed by atoms with Crippen LogP contribution in [-0.2, 0) is 19.5 Å². The zero-order valence-electron chi connectivity index (χ0n) is 12.9. The van der Waals surface area contributed by atoms with E-state index in [1.54, 1.807) is 18.3 Å². The van der Waals surface area contributed by atoms with E-state index in [4.69, 9.17) is 5.73 Å². The third-order valence-electron chi connectivity index (χ3n) is 4.39. The SMILES string of the molecule is Nc1ncc2c(n1)CCN(Cc1c[nH]c3cccc([N+](=O)[O-])c13)C2. The number of benzene rings is 1. The van der Waals surface area contributed by atoms with E-state index < -0.39 is 0 Å². The molecule has 0 saturated carbocycles. The fraction of sp³-hybridized carbons (Fsp3) is 0.250. The summed E-state index contributed by atoms with van der Waals surface area (Å²) in [6, 6.07) is 5.09. The first-order valence-corrected chi connectivity index (χ1v) is 7.68. The zero-order chi connectivity index (χ0) is 16.7. The van der Waals surface area contributed by atoms with E-state index in [0.29, 0.717) is 24.4 Å². The molecule has 3 N–H and O–H groups in total. The Hall–Kier alpha value is -3.00. The molecule has 3 aromatic rings. The first-order chi connectivity index (χ1) is 11.6. The first kappa shape index (κ1) is 14.6. The summed E-state index contributed by atoms with van der Waals surface area (Å²) in [6.07, 6.45) is 4.42. The molecule has 122 valence electrons. The van der Waals surface area contributed by atoms with Gasteiger partial charge in [-0.3, -0.25) is 15.0 Å². The van der Waals surface area contributed by atoms with E-state index in [1.165, 1.54) is 0 Å². The first-order valence-electron chi connectivity index (χ1n) is 7.68. The summed E-state index contributed by atoms with van der Waals surface area (Å²) >= 11 is 0. The zero-order valence-corrected chi connectivity index (χ0v) is 12.9. The van der Waals surface area contributed by atoms with Crippen LogP contribution in [0.1, 0.15) is 16.8 Å². The molecule has 0 fully saturated rings. The Morgan fingerprint density at radius 3 is 3.12 bits per heavy atom. The average Bonchev–Trinajstić information content (AvgIpc) is 2.98. The third kappa shape index (κ3) is 2.46. The lowest BCUT2D eigenvalue weighted by Gasteiger charge is -2.27. The van der Waals surface area contributed by atoms with Crippen LogP contribution in [-0.4, -0.2) is 31.3 Å². The second kappa shape index (κ2) is 5.57. The molecule has 1 aliphatic heterocycles. The number of hydrogen-bond acceptors (Lipinski definition) is 6. The monoisotopic (exact) mass is 324 g/mol. The van der Waals surface area contributed by atoms with Crippen LogP contribution in [0.3, 0.4) is 0 Å². The van der Waals surface area contributed by atoms with Crippen molar-refractivity contribution in [3.63, 3.8) is 0 Å². The quantitative estimate of drug-likeness (QED) is 0.562. The van der Waals surface area contributed by atoms with Gasteiger partial charge in [-0.2, -0.15) is 0 Å². The summed E-state index contributed by atoms with van der Waals surface area (Å²) in [7, 11) is 0. The highest BCUT2D eigenvalue weighted by Crippen LogP contribution is 2.30. The van der Waals surface area contributed by atoms with E-state index in [-0.39, 0.29) is 10.6 Å². The average molecular weight is 324 g/mol. The Kier molecular flexibility index (Phi) is 3.39. The Morgan fingerprint density at radius 2 is 2.29 bits per heavy atom. The predicted molar refractivity (Wildman–Crippen MR) is 89.2 cm³/mol. The molecule has 1 aliphatic rings. The number of H-pyrrole nitrogens is 1. The molecule has 8 nitrogen and oxygen atoms in total. The smallest absolute Gasteiger partial charge is 0.279 e. The van der Waals surface area contributed by atoms with Gasteiger partial charge in [0.25, 0.3) is 5.69 Å².